The summed E-state index contributed by atoms with van der Waals surface area (Å²) in [6, 6.07) is 0. The quantitative estimate of drug-likeness (QED) is 0.643. The second-order valence-corrected chi connectivity index (χ2v) is 3.59. The van der Waals surface area contributed by atoms with Gasteiger partial charge in [0, 0.05) is 13.1 Å². The number of hydrogen-bond donors (Lipinski definition) is 0. The van der Waals surface area contributed by atoms with E-state index in [1.807, 2.05) is 11.8 Å². The molecule has 1 fully saturated rings. The first-order chi connectivity index (χ1) is 5.79. The minimum absolute atomic E-state index is 0.0914. The number of carbonyl (C=O) groups excluding carboxylic acids is 1. The minimum Gasteiger partial charge on any atom is -0.338 e. The molecule has 1 saturated heterocycles. The monoisotopic (exact) mass is 183 g/mol. The third-order valence-electron chi connectivity index (χ3n) is 1.99. The average Bonchev–Trinajstić information content (AvgIpc) is 2.31. The highest BCUT2D eigenvalue weighted by Gasteiger charge is 2.24. The van der Waals surface area contributed by atoms with Crippen LogP contribution in [0.1, 0.15) is 21.8 Å². The summed E-state index contributed by atoms with van der Waals surface area (Å²) in [6.07, 6.45) is 1.12. The Kier molecular flexibility index (Phi) is 1.80. The molecule has 0 bridgehead atoms. The Balaban J connectivity index is 2.19. The van der Waals surface area contributed by atoms with Crippen molar-refractivity contribution in [2.45, 2.75) is 13.3 Å². The number of likely N-dealkylation sites (tertiary alicyclic amines) is 1. The van der Waals surface area contributed by atoms with E-state index >= 15 is 0 Å². The van der Waals surface area contributed by atoms with Crippen LogP contribution < -0.4 is 0 Å². The topological polar surface area (TPSA) is 46.1 Å². The van der Waals surface area contributed by atoms with E-state index in [1.165, 1.54) is 11.5 Å². The maximum Gasteiger partial charge on any atom is 0.267 e. The van der Waals surface area contributed by atoms with E-state index in [0.29, 0.717) is 4.88 Å². The van der Waals surface area contributed by atoms with Crippen molar-refractivity contribution < 1.29 is 4.79 Å². The highest BCUT2D eigenvalue weighted by Crippen LogP contribution is 2.16. The number of nitrogens with zero attached hydrogens (tertiary/aromatic N) is 3. The Morgan fingerprint density at radius 1 is 1.58 bits per heavy atom. The fourth-order valence-corrected chi connectivity index (χ4v) is 1.72. The molecule has 1 aliphatic heterocycles. The summed E-state index contributed by atoms with van der Waals surface area (Å²) >= 11 is 1.18. The fraction of sp³-hybridized carbons (Fsp3) is 0.571. The Bertz CT molecular complexity index is 305. The van der Waals surface area contributed by atoms with Crippen LogP contribution in [0.4, 0.5) is 0 Å². The lowest BCUT2D eigenvalue weighted by molar-refractivity contribution is 0.0656. The molecule has 0 radical (unpaired) electrons. The molecular weight excluding hydrogens is 174 g/mol. The molecule has 1 aromatic rings. The van der Waals surface area contributed by atoms with Crippen molar-refractivity contribution in [1.29, 1.82) is 0 Å². The predicted octanol–water partition coefficient (Wildman–Crippen LogP) is 0.692. The van der Waals surface area contributed by atoms with Gasteiger partial charge in [0.2, 0.25) is 0 Å². The fourth-order valence-electron chi connectivity index (χ4n) is 1.09. The molecule has 0 spiro atoms. The third kappa shape index (κ3) is 1.10. The molecule has 1 aromatic heterocycles. The smallest absolute Gasteiger partial charge is 0.267 e. The first-order valence-electron chi connectivity index (χ1n) is 3.87. The number of rotatable bonds is 1. The zero-order valence-corrected chi connectivity index (χ0v) is 7.60. The van der Waals surface area contributed by atoms with E-state index < -0.39 is 0 Å². The molecule has 0 saturated carbocycles. The second kappa shape index (κ2) is 2.82. The molecule has 2 heterocycles. The van der Waals surface area contributed by atoms with E-state index in [9.17, 15) is 4.79 Å². The van der Waals surface area contributed by atoms with Crippen LogP contribution in [0.15, 0.2) is 0 Å². The van der Waals surface area contributed by atoms with E-state index in [0.717, 1.165) is 25.2 Å². The lowest BCUT2D eigenvalue weighted by Gasteiger charge is -2.30. The van der Waals surface area contributed by atoms with Crippen LogP contribution in [0.2, 0.25) is 0 Å². The molecule has 0 unspecified atom stereocenters. The standard InChI is InChI=1S/C7H9N3OS/c1-5-6(12-9-8-5)7(11)10-3-2-4-10/h2-4H2,1H3. The molecule has 1 amide bonds. The predicted molar refractivity (Wildman–Crippen MR) is 45.2 cm³/mol. The molecule has 5 heteroatoms. The second-order valence-electron chi connectivity index (χ2n) is 2.83. The van der Waals surface area contributed by atoms with Gasteiger partial charge in [-0.05, 0) is 24.9 Å². The normalized spacial score (nSPS) is 15.9. The van der Waals surface area contributed by atoms with Crippen LogP contribution in [-0.2, 0) is 0 Å². The minimum atomic E-state index is 0.0914. The van der Waals surface area contributed by atoms with Gasteiger partial charge in [0.05, 0.1) is 5.69 Å². The van der Waals surface area contributed by atoms with Gasteiger partial charge in [-0.15, -0.1) is 5.10 Å². The zero-order chi connectivity index (χ0) is 8.55. The lowest BCUT2D eigenvalue weighted by Crippen LogP contribution is -2.41. The first-order valence-corrected chi connectivity index (χ1v) is 4.64. The van der Waals surface area contributed by atoms with Gasteiger partial charge in [0.25, 0.3) is 5.91 Å². The van der Waals surface area contributed by atoms with Crippen molar-refractivity contribution >= 4 is 17.4 Å². The Labute approximate surface area is 74.4 Å². The van der Waals surface area contributed by atoms with Crippen LogP contribution in [0.3, 0.4) is 0 Å². The first kappa shape index (κ1) is 7.67. The summed E-state index contributed by atoms with van der Waals surface area (Å²) in [4.78, 5) is 14.1. The van der Waals surface area contributed by atoms with E-state index in [-0.39, 0.29) is 5.91 Å². The van der Waals surface area contributed by atoms with Crippen LogP contribution in [0.25, 0.3) is 0 Å². The Morgan fingerprint density at radius 2 is 2.33 bits per heavy atom. The number of aromatic nitrogens is 2. The molecule has 12 heavy (non-hydrogen) atoms. The van der Waals surface area contributed by atoms with Crippen LogP contribution in [-0.4, -0.2) is 33.5 Å². The SMILES string of the molecule is Cc1nnsc1C(=O)N1CCC1. The van der Waals surface area contributed by atoms with Crippen molar-refractivity contribution in [3.8, 4) is 0 Å². The van der Waals surface area contributed by atoms with Gasteiger partial charge in [-0.1, -0.05) is 4.49 Å². The van der Waals surface area contributed by atoms with Gasteiger partial charge in [0.1, 0.15) is 4.88 Å². The third-order valence-corrected chi connectivity index (χ3v) is 2.80. The maximum absolute atomic E-state index is 11.6. The maximum atomic E-state index is 11.6. The van der Waals surface area contributed by atoms with Crippen molar-refractivity contribution in [2.75, 3.05) is 13.1 Å². The van der Waals surface area contributed by atoms with E-state index in [2.05, 4.69) is 9.59 Å². The van der Waals surface area contributed by atoms with Gasteiger partial charge in [-0.3, -0.25) is 4.79 Å². The van der Waals surface area contributed by atoms with Crippen molar-refractivity contribution in [3.63, 3.8) is 0 Å². The number of aryl methyl sites for hydroxylation is 1. The van der Waals surface area contributed by atoms with Gasteiger partial charge < -0.3 is 4.90 Å². The van der Waals surface area contributed by atoms with Crippen molar-refractivity contribution in [3.05, 3.63) is 10.6 Å². The molecule has 0 aromatic carbocycles. The molecule has 2 rings (SSSR count). The largest absolute Gasteiger partial charge is 0.338 e. The highest BCUT2D eigenvalue weighted by molar-refractivity contribution is 7.07. The number of amides is 1. The molecule has 0 aliphatic carbocycles. The molecule has 0 N–H and O–H groups in total. The van der Waals surface area contributed by atoms with Gasteiger partial charge >= 0.3 is 0 Å². The summed E-state index contributed by atoms with van der Waals surface area (Å²) in [6.45, 7) is 3.59. The summed E-state index contributed by atoms with van der Waals surface area (Å²) in [5.74, 6) is 0.0914. The average molecular weight is 183 g/mol. The van der Waals surface area contributed by atoms with Crippen molar-refractivity contribution in [1.82, 2.24) is 14.5 Å². The molecular formula is C7H9N3OS. The van der Waals surface area contributed by atoms with Gasteiger partial charge in [-0.2, -0.15) is 0 Å². The summed E-state index contributed by atoms with van der Waals surface area (Å²) in [7, 11) is 0. The molecule has 0 atom stereocenters. The summed E-state index contributed by atoms with van der Waals surface area (Å²) in [5, 5.41) is 3.80. The highest BCUT2D eigenvalue weighted by atomic mass is 32.1. The number of hydrogen-bond acceptors (Lipinski definition) is 4. The van der Waals surface area contributed by atoms with Gasteiger partial charge in [0.15, 0.2) is 0 Å². The molecule has 1 aliphatic rings. The lowest BCUT2D eigenvalue weighted by atomic mass is 10.2. The Hall–Kier alpha value is -0.970. The van der Waals surface area contributed by atoms with Crippen LogP contribution >= 0.6 is 11.5 Å². The zero-order valence-electron chi connectivity index (χ0n) is 6.78. The van der Waals surface area contributed by atoms with Crippen LogP contribution in [0, 0.1) is 6.92 Å². The van der Waals surface area contributed by atoms with Crippen molar-refractivity contribution in [2.24, 2.45) is 0 Å². The Morgan fingerprint density at radius 3 is 2.75 bits per heavy atom. The summed E-state index contributed by atoms with van der Waals surface area (Å²) in [5.41, 5.74) is 0.747. The molecule has 4 nitrogen and oxygen atoms in total. The molecule has 64 valence electrons. The number of carbonyl (C=O) groups is 1. The summed E-state index contributed by atoms with van der Waals surface area (Å²) < 4.78 is 3.73. The van der Waals surface area contributed by atoms with E-state index in [1.54, 1.807) is 0 Å². The van der Waals surface area contributed by atoms with Crippen LogP contribution in [0.5, 0.6) is 0 Å². The van der Waals surface area contributed by atoms with E-state index in [4.69, 9.17) is 0 Å². The van der Waals surface area contributed by atoms with Gasteiger partial charge in [-0.25, -0.2) is 0 Å².